The molecule has 7 nitrogen and oxygen atoms in total. The normalized spacial score (nSPS) is 14.5. The Morgan fingerprint density at radius 2 is 1.67 bits per heavy atom. The summed E-state index contributed by atoms with van der Waals surface area (Å²) in [6.07, 6.45) is -1.43. The topological polar surface area (TPSA) is 116 Å². The van der Waals surface area contributed by atoms with Gasteiger partial charge in [-0.05, 0) is 34.4 Å². The van der Waals surface area contributed by atoms with Crippen molar-refractivity contribution in [1.29, 1.82) is 0 Å². The van der Waals surface area contributed by atoms with Crippen LogP contribution in [-0.2, 0) is 9.53 Å². The van der Waals surface area contributed by atoms with Gasteiger partial charge in [0.05, 0.1) is 12.7 Å². The molecule has 2 atom stereocenters. The van der Waals surface area contributed by atoms with Crippen LogP contribution in [0.4, 0.5) is 4.79 Å². The summed E-state index contributed by atoms with van der Waals surface area (Å²) in [5.41, 5.74) is 4.40. The van der Waals surface area contributed by atoms with Crippen LogP contribution in [0.25, 0.3) is 11.1 Å². The highest BCUT2D eigenvalue weighted by Crippen LogP contribution is 2.44. The van der Waals surface area contributed by atoms with Crippen LogP contribution < -0.4 is 5.32 Å². The van der Waals surface area contributed by atoms with E-state index in [1.807, 2.05) is 48.5 Å². The molecule has 0 spiro atoms. The summed E-state index contributed by atoms with van der Waals surface area (Å²) in [6, 6.07) is 14.9. The first kappa shape index (κ1) is 22.1. The maximum Gasteiger partial charge on any atom is 0.407 e. The van der Waals surface area contributed by atoms with Crippen LogP contribution in [0.5, 0.6) is 0 Å². The number of rotatable bonds is 10. The van der Waals surface area contributed by atoms with Crippen molar-refractivity contribution >= 4 is 23.8 Å². The van der Waals surface area contributed by atoms with Crippen LogP contribution in [-0.4, -0.2) is 64.2 Å². The molecule has 4 N–H and O–H groups in total. The average Bonchev–Trinajstić information content (AvgIpc) is 3.07. The lowest BCUT2D eigenvalue weighted by atomic mass is 9.98. The number of carbonyl (C=O) groups is 2. The zero-order valence-corrected chi connectivity index (χ0v) is 17.2. The van der Waals surface area contributed by atoms with Crippen molar-refractivity contribution in [2.75, 3.05) is 24.7 Å². The number of thioether (sulfide) groups is 1. The van der Waals surface area contributed by atoms with Crippen molar-refractivity contribution in [3.8, 4) is 11.1 Å². The first-order chi connectivity index (χ1) is 14.5. The molecule has 8 heteroatoms. The summed E-state index contributed by atoms with van der Waals surface area (Å²) in [4.78, 5) is 23.7. The van der Waals surface area contributed by atoms with Gasteiger partial charge in [-0.25, -0.2) is 9.59 Å². The predicted molar refractivity (Wildman–Crippen MR) is 115 cm³/mol. The molecule has 1 amide bonds. The van der Waals surface area contributed by atoms with Gasteiger partial charge >= 0.3 is 12.1 Å². The second-order valence-electron chi connectivity index (χ2n) is 7.06. The zero-order valence-electron chi connectivity index (χ0n) is 16.4. The van der Waals surface area contributed by atoms with E-state index in [1.165, 1.54) is 11.8 Å². The monoisotopic (exact) mass is 431 g/mol. The number of alkyl carbamates (subject to hydrolysis) is 1. The molecule has 2 aromatic rings. The van der Waals surface area contributed by atoms with E-state index >= 15 is 0 Å². The molecular formula is C22H25NO6S. The smallest absolute Gasteiger partial charge is 0.407 e. The van der Waals surface area contributed by atoms with E-state index in [1.54, 1.807) is 0 Å². The number of aliphatic carboxylic acids is 1. The van der Waals surface area contributed by atoms with E-state index in [-0.39, 0.29) is 25.6 Å². The first-order valence-electron chi connectivity index (χ1n) is 9.72. The number of ether oxygens (including phenoxy) is 1. The summed E-state index contributed by atoms with van der Waals surface area (Å²) in [6.45, 7) is -0.225. The number of amides is 1. The number of carbonyl (C=O) groups excluding carboxylic acids is 1. The minimum Gasteiger partial charge on any atom is -0.480 e. The van der Waals surface area contributed by atoms with Crippen molar-refractivity contribution in [2.45, 2.75) is 24.5 Å². The summed E-state index contributed by atoms with van der Waals surface area (Å²) in [5, 5.41) is 29.9. The lowest BCUT2D eigenvalue weighted by Gasteiger charge is -2.17. The number of aliphatic hydroxyl groups is 2. The second-order valence-corrected chi connectivity index (χ2v) is 8.21. The van der Waals surface area contributed by atoms with E-state index in [0.717, 1.165) is 22.3 Å². The lowest BCUT2D eigenvalue weighted by Crippen LogP contribution is -2.41. The van der Waals surface area contributed by atoms with E-state index in [9.17, 15) is 19.8 Å². The molecule has 1 aliphatic rings. The van der Waals surface area contributed by atoms with Gasteiger partial charge in [0, 0.05) is 11.7 Å². The number of benzene rings is 2. The average molecular weight is 432 g/mol. The number of carboxylic acids is 1. The van der Waals surface area contributed by atoms with Crippen LogP contribution in [0.1, 0.15) is 23.5 Å². The van der Waals surface area contributed by atoms with Crippen molar-refractivity contribution in [1.82, 2.24) is 5.32 Å². The number of hydrogen-bond acceptors (Lipinski definition) is 6. The molecule has 30 heavy (non-hydrogen) atoms. The standard InChI is InChI=1S/C22H25NO6S/c24-11-14(25)13-30-10-9-20(21(26)27)23-22(28)29-12-19-17-7-3-1-5-15(17)16-6-2-4-8-18(16)19/h1-8,14,19-20,24-25H,9-13H2,(H,23,28)(H,26,27). The highest BCUT2D eigenvalue weighted by Gasteiger charge is 2.29. The van der Waals surface area contributed by atoms with Gasteiger partial charge in [-0.15, -0.1) is 0 Å². The largest absolute Gasteiger partial charge is 0.480 e. The molecule has 0 fully saturated rings. The molecule has 1 aliphatic carbocycles. The Morgan fingerprint density at radius 1 is 1.07 bits per heavy atom. The summed E-state index contributed by atoms with van der Waals surface area (Å²) in [7, 11) is 0. The minimum atomic E-state index is -1.15. The van der Waals surface area contributed by atoms with E-state index in [0.29, 0.717) is 11.5 Å². The molecular weight excluding hydrogens is 406 g/mol. The van der Waals surface area contributed by atoms with Crippen LogP contribution in [0, 0.1) is 0 Å². The van der Waals surface area contributed by atoms with E-state index < -0.39 is 24.2 Å². The Morgan fingerprint density at radius 3 is 2.23 bits per heavy atom. The van der Waals surface area contributed by atoms with Gasteiger partial charge in [0.2, 0.25) is 0 Å². The van der Waals surface area contributed by atoms with Gasteiger partial charge in [-0.1, -0.05) is 48.5 Å². The molecule has 0 saturated carbocycles. The molecule has 2 aromatic carbocycles. The highest BCUT2D eigenvalue weighted by molar-refractivity contribution is 7.99. The third kappa shape index (κ3) is 5.33. The van der Waals surface area contributed by atoms with Crippen LogP contribution >= 0.6 is 11.8 Å². The highest BCUT2D eigenvalue weighted by atomic mass is 32.2. The van der Waals surface area contributed by atoms with Gasteiger partial charge in [0.15, 0.2) is 0 Å². The molecule has 0 radical (unpaired) electrons. The van der Waals surface area contributed by atoms with Crippen molar-refractivity contribution in [2.24, 2.45) is 0 Å². The van der Waals surface area contributed by atoms with Gasteiger partial charge in [0.1, 0.15) is 12.6 Å². The molecule has 0 aliphatic heterocycles. The van der Waals surface area contributed by atoms with Gasteiger partial charge in [0.25, 0.3) is 0 Å². The summed E-state index contributed by atoms with van der Waals surface area (Å²) in [5.74, 6) is -0.528. The van der Waals surface area contributed by atoms with Crippen molar-refractivity contribution < 1.29 is 29.6 Å². The quantitative estimate of drug-likeness (QED) is 0.427. The van der Waals surface area contributed by atoms with E-state index in [2.05, 4.69) is 5.32 Å². The number of carboxylic acid groups (broad SMARTS) is 1. The SMILES string of the molecule is O=C(NC(CCSCC(O)CO)C(=O)O)OCC1c2ccccc2-c2ccccc21. The fraction of sp³-hybridized carbons (Fsp3) is 0.364. The molecule has 2 unspecified atom stereocenters. The molecule has 0 aromatic heterocycles. The zero-order chi connectivity index (χ0) is 21.5. The van der Waals surface area contributed by atoms with Crippen LogP contribution in [0.3, 0.4) is 0 Å². The number of aliphatic hydroxyl groups excluding tert-OH is 2. The summed E-state index contributed by atoms with van der Waals surface area (Å²) < 4.78 is 5.39. The number of nitrogens with one attached hydrogen (secondary N) is 1. The van der Waals surface area contributed by atoms with Crippen LogP contribution in [0.15, 0.2) is 48.5 Å². The summed E-state index contributed by atoms with van der Waals surface area (Å²) >= 11 is 1.31. The maximum absolute atomic E-state index is 12.2. The Hall–Kier alpha value is -2.55. The Kier molecular flexibility index (Phi) is 7.73. The van der Waals surface area contributed by atoms with Gasteiger partial charge < -0.3 is 25.4 Å². The maximum atomic E-state index is 12.2. The second kappa shape index (κ2) is 10.5. The van der Waals surface area contributed by atoms with Gasteiger partial charge in [-0.3, -0.25) is 0 Å². The fourth-order valence-corrected chi connectivity index (χ4v) is 4.46. The Labute approximate surface area is 179 Å². The predicted octanol–water partition coefficient (Wildman–Crippen LogP) is 2.45. The molecule has 0 bridgehead atoms. The van der Waals surface area contributed by atoms with Crippen molar-refractivity contribution in [3.05, 3.63) is 59.7 Å². The Balaban J connectivity index is 1.55. The molecule has 0 saturated heterocycles. The van der Waals surface area contributed by atoms with Crippen LogP contribution in [0.2, 0.25) is 0 Å². The molecule has 3 rings (SSSR count). The lowest BCUT2D eigenvalue weighted by molar-refractivity contribution is -0.139. The fourth-order valence-electron chi connectivity index (χ4n) is 3.51. The Bertz CT molecular complexity index is 844. The first-order valence-corrected chi connectivity index (χ1v) is 10.9. The number of hydrogen-bond donors (Lipinski definition) is 4. The third-order valence-corrected chi connectivity index (χ3v) is 6.15. The molecule has 160 valence electrons. The van der Waals surface area contributed by atoms with Gasteiger partial charge in [-0.2, -0.15) is 11.8 Å². The molecule has 0 heterocycles. The third-order valence-electron chi connectivity index (χ3n) is 5.01. The van der Waals surface area contributed by atoms with Crippen molar-refractivity contribution in [3.63, 3.8) is 0 Å². The minimum absolute atomic E-state index is 0.0954. The number of fused-ring (bicyclic) bond motifs is 3. The van der Waals surface area contributed by atoms with E-state index in [4.69, 9.17) is 9.84 Å².